The molecule has 2 aliphatic heterocycles. The van der Waals surface area contributed by atoms with Crippen LogP contribution in [0.4, 0.5) is 5.69 Å². The number of hydrogen-bond acceptors (Lipinski definition) is 4. The van der Waals surface area contributed by atoms with Crippen LogP contribution in [0.5, 0.6) is 0 Å². The minimum atomic E-state index is -0.397. The number of hydrogen-bond donors (Lipinski definition) is 1. The quantitative estimate of drug-likeness (QED) is 0.680. The van der Waals surface area contributed by atoms with Crippen molar-refractivity contribution in [3.8, 4) is 0 Å². The first kappa shape index (κ1) is 15.0. The molecule has 2 unspecified atom stereocenters. The number of nitro benzene ring substituents is 1. The highest BCUT2D eigenvalue weighted by Gasteiger charge is 2.37. The summed E-state index contributed by atoms with van der Waals surface area (Å²) in [5, 5.41) is 14.2. The molecule has 1 amide bonds. The van der Waals surface area contributed by atoms with Crippen molar-refractivity contribution in [1.29, 1.82) is 0 Å². The molecule has 0 spiro atoms. The lowest BCUT2D eigenvalue weighted by Gasteiger charge is -2.28. The van der Waals surface area contributed by atoms with Crippen LogP contribution in [0.15, 0.2) is 24.3 Å². The third-order valence-electron chi connectivity index (χ3n) is 4.69. The molecule has 3 rings (SSSR count). The number of carbonyl (C=O) groups is 1. The molecule has 118 valence electrons. The summed E-state index contributed by atoms with van der Waals surface area (Å²) in [5.74, 6) is 0.183. The van der Waals surface area contributed by atoms with Gasteiger partial charge < -0.3 is 10.2 Å². The number of nitrogens with one attached hydrogen (secondary N) is 1. The predicted molar refractivity (Wildman–Crippen MR) is 82.6 cm³/mol. The van der Waals surface area contributed by atoms with E-state index in [1.165, 1.54) is 6.07 Å². The SMILES string of the molecule is O=C(CCc1cccc([N+](=O)[O-])c1)N1C2CCNCC1CC2. The van der Waals surface area contributed by atoms with Crippen LogP contribution >= 0.6 is 0 Å². The Morgan fingerprint density at radius 3 is 2.95 bits per heavy atom. The van der Waals surface area contributed by atoms with Gasteiger partial charge in [0.05, 0.1) is 4.92 Å². The first-order valence-corrected chi connectivity index (χ1v) is 7.90. The van der Waals surface area contributed by atoms with Gasteiger partial charge in [-0.15, -0.1) is 0 Å². The second-order valence-electron chi connectivity index (χ2n) is 6.11. The van der Waals surface area contributed by atoms with E-state index in [0.29, 0.717) is 24.9 Å². The molecule has 6 nitrogen and oxygen atoms in total. The van der Waals surface area contributed by atoms with Gasteiger partial charge in [-0.1, -0.05) is 12.1 Å². The van der Waals surface area contributed by atoms with E-state index >= 15 is 0 Å². The number of nitrogens with zero attached hydrogens (tertiary/aromatic N) is 2. The number of aryl methyl sites for hydroxylation is 1. The van der Waals surface area contributed by atoms with Gasteiger partial charge >= 0.3 is 0 Å². The molecule has 22 heavy (non-hydrogen) atoms. The summed E-state index contributed by atoms with van der Waals surface area (Å²) >= 11 is 0. The number of non-ortho nitro benzene ring substituents is 1. The van der Waals surface area contributed by atoms with E-state index in [2.05, 4.69) is 10.2 Å². The van der Waals surface area contributed by atoms with E-state index in [1.54, 1.807) is 12.1 Å². The van der Waals surface area contributed by atoms with Crippen LogP contribution in [0.2, 0.25) is 0 Å². The number of fused-ring (bicyclic) bond motifs is 2. The standard InChI is InChI=1S/C16H21N3O3/c20-16(18-13-5-6-15(18)11-17-9-8-13)7-4-12-2-1-3-14(10-12)19(21)22/h1-3,10,13,15,17H,4-9,11H2. The highest BCUT2D eigenvalue weighted by molar-refractivity contribution is 5.77. The number of amides is 1. The third-order valence-corrected chi connectivity index (χ3v) is 4.69. The topological polar surface area (TPSA) is 75.5 Å². The Balaban J connectivity index is 1.62. The number of carbonyl (C=O) groups excluding carboxylic acids is 1. The molecular formula is C16H21N3O3. The Kier molecular flexibility index (Phi) is 4.38. The zero-order chi connectivity index (χ0) is 15.5. The van der Waals surface area contributed by atoms with Crippen LogP contribution in [-0.4, -0.2) is 40.9 Å². The van der Waals surface area contributed by atoms with Gasteiger partial charge in [-0.3, -0.25) is 14.9 Å². The second kappa shape index (κ2) is 6.44. The lowest BCUT2D eigenvalue weighted by molar-refractivity contribution is -0.384. The predicted octanol–water partition coefficient (Wildman–Crippen LogP) is 1.88. The first-order valence-electron chi connectivity index (χ1n) is 7.90. The van der Waals surface area contributed by atoms with Crippen LogP contribution in [0.1, 0.15) is 31.2 Å². The van der Waals surface area contributed by atoms with Crippen molar-refractivity contribution in [2.24, 2.45) is 0 Å². The van der Waals surface area contributed by atoms with Crippen molar-refractivity contribution in [3.63, 3.8) is 0 Å². The van der Waals surface area contributed by atoms with Gasteiger partial charge in [0.15, 0.2) is 0 Å². The Bertz CT molecular complexity index is 562. The normalized spacial score (nSPS) is 24.1. The molecule has 0 saturated carbocycles. The van der Waals surface area contributed by atoms with Crippen molar-refractivity contribution in [1.82, 2.24) is 10.2 Å². The lowest BCUT2D eigenvalue weighted by Crippen LogP contribution is -2.42. The zero-order valence-electron chi connectivity index (χ0n) is 12.5. The molecule has 2 bridgehead atoms. The van der Waals surface area contributed by atoms with Gasteiger partial charge in [-0.25, -0.2) is 0 Å². The Hall–Kier alpha value is -1.95. The summed E-state index contributed by atoms with van der Waals surface area (Å²) in [6.07, 6.45) is 4.20. The molecule has 6 heteroatoms. The fraction of sp³-hybridized carbons (Fsp3) is 0.562. The van der Waals surface area contributed by atoms with Crippen LogP contribution in [0, 0.1) is 10.1 Å². The largest absolute Gasteiger partial charge is 0.335 e. The Morgan fingerprint density at radius 1 is 1.32 bits per heavy atom. The van der Waals surface area contributed by atoms with Crippen molar-refractivity contribution >= 4 is 11.6 Å². The maximum atomic E-state index is 12.6. The number of nitro groups is 1. The summed E-state index contributed by atoms with van der Waals surface area (Å²) in [7, 11) is 0. The highest BCUT2D eigenvalue weighted by atomic mass is 16.6. The van der Waals surface area contributed by atoms with Crippen molar-refractivity contribution in [2.45, 2.75) is 44.2 Å². The van der Waals surface area contributed by atoms with E-state index < -0.39 is 4.92 Å². The third kappa shape index (κ3) is 3.11. The summed E-state index contributed by atoms with van der Waals surface area (Å²) in [6, 6.07) is 7.26. The molecule has 0 aliphatic carbocycles. The Morgan fingerprint density at radius 2 is 2.14 bits per heavy atom. The maximum Gasteiger partial charge on any atom is 0.269 e. The van der Waals surface area contributed by atoms with Crippen molar-refractivity contribution in [3.05, 3.63) is 39.9 Å². The van der Waals surface area contributed by atoms with Gasteiger partial charge in [-0.05, 0) is 37.8 Å². The maximum absolute atomic E-state index is 12.6. The van der Waals surface area contributed by atoms with Crippen LogP contribution < -0.4 is 5.32 Å². The molecule has 2 aliphatic rings. The van der Waals surface area contributed by atoms with Crippen LogP contribution in [0.25, 0.3) is 0 Å². The molecule has 2 heterocycles. The molecule has 2 atom stereocenters. The van der Waals surface area contributed by atoms with Gasteiger partial charge in [0.2, 0.25) is 5.91 Å². The van der Waals surface area contributed by atoms with Gasteiger partial charge in [0.25, 0.3) is 5.69 Å². The van der Waals surface area contributed by atoms with Crippen LogP contribution in [-0.2, 0) is 11.2 Å². The summed E-state index contributed by atoms with van der Waals surface area (Å²) in [6.45, 7) is 1.87. The fourth-order valence-corrected chi connectivity index (χ4v) is 3.60. The van der Waals surface area contributed by atoms with Gasteiger partial charge in [0.1, 0.15) is 0 Å². The van der Waals surface area contributed by atoms with E-state index in [4.69, 9.17) is 0 Å². The van der Waals surface area contributed by atoms with Crippen molar-refractivity contribution < 1.29 is 9.72 Å². The smallest absolute Gasteiger partial charge is 0.269 e. The lowest BCUT2D eigenvalue weighted by atomic mass is 10.1. The van der Waals surface area contributed by atoms with E-state index in [0.717, 1.165) is 37.9 Å². The summed E-state index contributed by atoms with van der Waals surface area (Å²) < 4.78 is 0. The van der Waals surface area contributed by atoms with E-state index in [1.807, 2.05) is 6.07 Å². The number of benzene rings is 1. The fourth-order valence-electron chi connectivity index (χ4n) is 3.60. The van der Waals surface area contributed by atoms with E-state index in [9.17, 15) is 14.9 Å². The first-order chi connectivity index (χ1) is 10.6. The molecule has 2 saturated heterocycles. The molecular weight excluding hydrogens is 282 g/mol. The van der Waals surface area contributed by atoms with Crippen molar-refractivity contribution in [2.75, 3.05) is 13.1 Å². The molecule has 1 N–H and O–H groups in total. The van der Waals surface area contributed by atoms with Gasteiger partial charge in [0, 0.05) is 37.2 Å². The molecule has 1 aromatic carbocycles. The Labute approximate surface area is 129 Å². The average Bonchev–Trinajstić information content (AvgIpc) is 2.78. The number of rotatable bonds is 4. The molecule has 1 aromatic rings. The van der Waals surface area contributed by atoms with E-state index in [-0.39, 0.29) is 11.6 Å². The van der Waals surface area contributed by atoms with Gasteiger partial charge in [-0.2, -0.15) is 0 Å². The molecule has 0 aromatic heterocycles. The highest BCUT2D eigenvalue weighted by Crippen LogP contribution is 2.28. The summed E-state index contributed by atoms with van der Waals surface area (Å²) in [5.41, 5.74) is 0.937. The minimum absolute atomic E-state index is 0.0870. The summed E-state index contributed by atoms with van der Waals surface area (Å²) in [4.78, 5) is 25.0. The van der Waals surface area contributed by atoms with Crippen LogP contribution in [0.3, 0.4) is 0 Å². The zero-order valence-corrected chi connectivity index (χ0v) is 12.5. The molecule has 2 fully saturated rings. The average molecular weight is 303 g/mol. The minimum Gasteiger partial charge on any atom is -0.335 e. The molecule has 0 radical (unpaired) electrons. The second-order valence-corrected chi connectivity index (χ2v) is 6.11. The monoisotopic (exact) mass is 303 g/mol.